The molecular weight excluding hydrogens is 1140 g/mol. The maximum Gasteiger partial charge on any atom is 0.161 e. The van der Waals surface area contributed by atoms with E-state index >= 15 is 0 Å². The van der Waals surface area contributed by atoms with E-state index in [0.29, 0.717) is 100 Å². The van der Waals surface area contributed by atoms with Crippen LogP contribution in [0, 0.1) is 47.3 Å². The van der Waals surface area contributed by atoms with Gasteiger partial charge in [-0.05, 0) is 153 Å². The van der Waals surface area contributed by atoms with E-state index in [2.05, 4.69) is 220 Å². The first-order valence-corrected chi connectivity index (χ1v) is 36.0. The van der Waals surface area contributed by atoms with Gasteiger partial charge in [-0.15, -0.1) is 0 Å². The molecular formula is C83H117NO8. The summed E-state index contributed by atoms with van der Waals surface area (Å²) in [4.78, 5) is 5.71. The predicted molar refractivity (Wildman–Crippen MR) is 387 cm³/mol. The van der Waals surface area contributed by atoms with Gasteiger partial charge in [0.2, 0.25) is 0 Å². The van der Waals surface area contributed by atoms with E-state index in [1.54, 1.807) is 0 Å². The Morgan fingerprint density at radius 3 is 0.783 bits per heavy atom. The first-order valence-electron chi connectivity index (χ1n) is 36.0. The summed E-state index contributed by atoms with van der Waals surface area (Å²) in [5.41, 5.74) is 11.5. The van der Waals surface area contributed by atoms with Crippen molar-refractivity contribution in [3.8, 4) is 90.5 Å². The Kier molecular flexibility index (Phi) is 29.5. The summed E-state index contributed by atoms with van der Waals surface area (Å²) >= 11 is 0. The van der Waals surface area contributed by atoms with Crippen molar-refractivity contribution in [2.24, 2.45) is 52.3 Å². The zero-order valence-corrected chi connectivity index (χ0v) is 59.7. The van der Waals surface area contributed by atoms with Crippen molar-refractivity contribution in [1.29, 1.82) is 0 Å². The Bertz CT molecular complexity index is 2980. The van der Waals surface area contributed by atoms with Gasteiger partial charge in [-0.2, -0.15) is 0 Å². The second kappa shape index (κ2) is 37.3. The van der Waals surface area contributed by atoms with Gasteiger partial charge in [0.15, 0.2) is 46.0 Å². The molecule has 0 aromatic heterocycles. The van der Waals surface area contributed by atoms with E-state index in [0.717, 1.165) is 172 Å². The highest BCUT2D eigenvalue weighted by Gasteiger charge is 2.24. The van der Waals surface area contributed by atoms with Crippen LogP contribution < -0.4 is 37.9 Å². The predicted octanol–water partition coefficient (Wildman–Crippen LogP) is 22.9. The van der Waals surface area contributed by atoms with Gasteiger partial charge in [0.1, 0.15) is 0 Å². The fourth-order valence-corrected chi connectivity index (χ4v) is 10.5. The molecule has 0 aliphatic heterocycles. The van der Waals surface area contributed by atoms with Crippen molar-refractivity contribution in [2.45, 2.75) is 200 Å². The highest BCUT2D eigenvalue weighted by Crippen LogP contribution is 2.47. The van der Waals surface area contributed by atoms with Crippen LogP contribution in [-0.2, 0) is 0 Å². The van der Waals surface area contributed by atoms with Gasteiger partial charge < -0.3 is 37.9 Å². The summed E-state index contributed by atoms with van der Waals surface area (Å²) in [6, 6.07) is 40.0. The molecule has 9 heteroatoms. The number of nitrogens with zero attached hydrogens (tertiary/aromatic N) is 1. The van der Waals surface area contributed by atoms with Crippen molar-refractivity contribution >= 4 is 5.71 Å². The molecule has 8 atom stereocenters. The molecule has 8 unspecified atom stereocenters. The van der Waals surface area contributed by atoms with Gasteiger partial charge in [0.05, 0.1) is 64.6 Å². The Labute approximate surface area is 557 Å². The molecule has 92 heavy (non-hydrogen) atoms. The minimum atomic E-state index is 0.236. The Morgan fingerprint density at radius 2 is 0.522 bits per heavy atom. The molecule has 9 nitrogen and oxygen atoms in total. The molecule has 0 heterocycles. The standard InChI is InChI=1S/C83H117NO8/c1-17-56(9)48-85-75-40-38-68(42-77(75)87-50-58(11)19-3)73-46-81(91-54-62(15)23-7)79(89-52-60(13)21-5)44-71(73)64-30-34-66(35-31-64)83(84-70-28-26-25-27-29-70)67-36-32-65(33-37-67)72-45-80(90-53-61(14)22-6)82(92-55-63(16)24-8)47-74(72)69-39-41-76(86-49-57(10)18-2)78(43-69)88-51-59(12)20-4/h30-47,56-63,70H,17-29,48-55H2,1-16H3. The molecule has 1 saturated carbocycles. The Hall–Kier alpha value is -6.61. The van der Waals surface area contributed by atoms with Gasteiger partial charge in [-0.1, -0.05) is 242 Å². The molecule has 0 amide bonds. The number of hydrogen-bond acceptors (Lipinski definition) is 9. The molecule has 1 aliphatic carbocycles. The first kappa shape index (κ1) is 72.8. The molecule has 502 valence electrons. The number of benzene rings is 6. The van der Waals surface area contributed by atoms with Crippen molar-refractivity contribution in [1.82, 2.24) is 0 Å². The highest BCUT2D eigenvalue weighted by molar-refractivity contribution is 6.13. The second-order valence-corrected chi connectivity index (χ2v) is 27.5. The summed E-state index contributed by atoms with van der Waals surface area (Å²) in [6.07, 6.45) is 14.0. The quantitative estimate of drug-likeness (QED) is 0.0353. The van der Waals surface area contributed by atoms with Gasteiger partial charge in [-0.3, -0.25) is 4.99 Å². The summed E-state index contributed by atoms with van der Waals surface area (Å²) in [6.45, 7) is 40.4. The average molecular weight is 1260 g/mol. The molecule has 6 aromatic rings. The SMILES string of the molecule is CCC(C)COc1ccc(-c2cc(OCC(C)CC)c(OCC(C)CC)cc2-c2ccc(C(=NC3CCCCC3)c3ccc(-c4cc(OCC(C)CC)c(OCC(C)CC)cc4-c4ccc(OCC(C)CC)c(OCC(C)CC)c4)cc3)cc2)cc1OCC(C)CC. The van der Waals surface area contributed by atoms with E-state index in [1.807, 2.05) is 0 Å². The van der Waals surface area contributed by atoms with Crippen LogP contribution in [-0.4, -0.2) is 64.6 Å². The zero-order chi connectivity index (χ0) is 66.1. The molecule has 0 N–H and O–H groups in total. The second-order valence-electron chi connectivity index (χ2n) is 27.5. The molecule has 7 rings (SSSR count). The Morgan fingerprint density at radius 1 is 0.293 bits per heavy atom. The molecule has 0 bridgehead atoms. The van der Waals surface area contributed by atoms with Crippen LogP contribution in [0.5, 0.6) is 46.0 Å². The molecule has 6 aromatic carbocycles. The largest absolute Gasteiger partial charge is 0.489 e. The smallest absolute Gasteiger partial charge is 0.161 e. The van der Waals surface area contributed by atoms with E-state index in [1.165, 1.54) is 19.3 Å². The topological polar surface area (TPSA) is 86.2 Å². The van der Waals surface area contributed by atoms with E-state index in [-0.39, 0.29) is 6.04 Å². The third-order valence-corrected chi connectivity index (χ3v) is 19.3. The lowest BCUT2D eigenvalue weighted by molar-refractivity contribution is 0.217. The summed E-state index contributed by atoms with van der Waals surface area (Å²) in [5, 5.41) is 0. The first-order chi connectivity index (χ1) is 44.5. The maximum atomic E-state index is 6.77. The monoisotopic (exact) mass is 1260 g/mol. The van der Waals surface area contributed by atoms with Crippen molar-refractivity contribution in [2.75, 3.05) is 52.9 Å². The fraction of sp³-hybridized carbons (Fsp3) is 0.554. The zero-order valence-electron chi connectivity index (χ0n) is 59.7. The molecule has 0 radical (unpaired) electrons. The van der Waals surface area contributed by atoms with E-state index in [4.69, 9.17) is 42.9 Å². The number of rotatable bonds is 39. The maximum absolute atomic E-state index is 6.77. The molecule has 1 fully saturated rings. The average Bonchev–Trinajstić information content (AvgIpc) is 0.838. The summed E-state index contributed by atoms with van der Waals surface area (Å²) in [5.74, 6) is 9.16. The lowest BCUT2D eigenvalue weighted by Gasteiger charge is -2.22. The van der Waals surface area contributed by atoms with Gasteiger partial charge >= 0.3 is 0 Å². The molecule has 0 saturated heterocycles. The lowest BCUT2D eigenvalue weighted by Crippen LogP contribution is -2.14. The van der Waals surface area contributed by atoms with Gasteiger partial charge in [-0.25, -0.2) is 0 Å². The van der Waals surface area contributed by atoms with Crippen LogP contribution in [0.3, 0.4) is 0 Å². The summed E-state index contributed by atoms with van der Waals surface area (Å²) in [7, 11) is 0. The van der Waals surface area contributed by atoms with Crippen LogP contribution in [0.2, 0.25) is 0 Å². The minimum Gasteiger partial charge on any atom is -0.489 e. The lowest BCUT2D eigenvalue weighted by atomic mass is 9.90. The van der Waals surface area contributed by atoms with Crippen LogP contribution in [0.15, 0.2) is 114 Å². The third kappa shape index (κ3) is 21.2. The third-order valence-electron chi connectivity index (χ3n) is 19.3. The molecule has 0 spiro atoms. The van der Waals surface area contributed by atoms with Gasteiger partial charge in [0.25, 0.3) is 0 Å². The van der Waals surface area contributed by atoms with Crippen molar-refractivity contribution in [3.05, 3.63) is 120 Å². The van der Waals surface area contributed by atoms with Crippen LogP contribution in [0.4, 0.5) is 0 Å². The van der Waals surface area contributed by atoms with Crippen LogP contribution in [0.25, 0.3) is 44.5 Å². The normalized spacial score (nSPS) is 15.3. The fourth-order valence-electron chi connectivity index (χ4n) is 10.5. The minimum absolute atomic E-state index is 0.236. The van der Waals surface area contributed by atoms with E-state index < -0.39 is 0 Å². The number of ether oxygens (including phenoxy) is 8. The number of aliphatic imine (C=N–C) groups is 1. The van der Waals surface area contributed by atoms with Crippen LogP contribution in [0.1, 0.15) is 205 Å². The highest BCUT2D eigenvalue weighted by atomic mass is 16.5. The number of hydrogen-bond donors (Lipinski definition) is 0. The van der Waals surface area contributed by atoms with Crippen LogP contribution >= 0.6 is 0 Å². The summed E-state index contributed by atoms with van der Waals surface area (Å²) < 4.78 is 53.4. The van der Waals surface area contributed by atoms with Crippen molar-refractivity contribution < 1.29 is 37.9 Å². The van der Waals surface area contributed by atoms with Crippen molar-refractivity contribution in [3.63, 3.8) is 0 Å². The molecule has 1 aliphatic rings. The van der Waals surface area contributed by atoms with E-state index in [9.17, 15) is 0 Å². The Balaban J connectivity index is 1.37. The van der Waals surface area contributed by atoms with Gasteiger partial charge in [0, 0.05) is 11.1 Å².